The smallest absolute Gasteiger partial charge is 0.223 e. The van der Waals surface area contributed by atoms with Crippen LogP contribution in [0.3, 0.4) is 0 Å². The molecule has 0 aromatic carbocycles. The molecule has 0 radical (unpaired) electrons. The summed E-state index contributed by atoms with van der Waals surface area (Å²) in [5, 5.41) is 4.09. The van der Waals surface area contributed by atoms with Crippen LogP contribution in [-0.4, -0.2) is 55.6 Å². The van der Waals surface area contributed by atoms with Crippen LogP contribution in [0.4, 0.5) is 5.13 Å². The first-order chi connectivity index (χ1) is 8.70. The number of nitrogens with one attached hydrogen (secondary N) is 1. The second kappa shape index (κ2) is 6.15. The molecule has 6 heteroatoms. The van der Waals surface area contributed by atoms with Gasteiger partial charge in [0.2, 0.25) is 5.91 Å². The lowest BCUT2D eigenvalue weighted by Crippen LogP contribution is -2.49. The molecule has 0 aliphatic carbocycles. The molecule has 0 atom stereocenters. The third-order valence-electron chi connectivity index (χ3n) is 3.10. The Labute approximate surface area is 112 Å². The second-order valence-electron chi connectivity index (χ2n) is 4.47. The van der Waals surface area contributed by atoms with Gasteiger partial charge in [0.15, 0.2) is 5.13 Å². The van der Waals surface area contributed by atoms with E-state index in [0.717, 1.165) is 37.9 Å². The minimum Gasteiger partial charge on any atom is -0.345 e. The number of hydrogen-bond donors (Lipinski definition) is 1. The van der Waals surface area contributed by atoms with Crippen molar-refractivity contribution in [2.45, 2.75) is 13.3 Å². The van der Waals surface area contributed by atoms with Gasteiger partial charge in [-0.05, 0) is 14.0 Å². The third-order valence-corrected chi connectivity index (χ3v) is 4.07. The van der Waals surface area contributed by atoms with Crippen LogP contribution >= 0.6 is 11.3 Å². The number of anilines is 1. The molecule has 5 nitrogen and oxygen atoms in total. The normalized spacial score (nSPS) is 16.1. The lowest BCUT2D eigenvalue weighted by molar-refractivity contribution is -0.131. The molecule has 0 bridgehead atoms. The largest absolute Gasteiger partial charge is 0.345 e. The second-order valence-corrected chi connectivity index (χ2v) is 5.69. The Morgan fingerprint density at radius 1 is 1.44 bits per heavy atom. The highest BCUT2D eigenvalue weighted by Gasteiger charge is 2.21. The van der Waals surface area contributed by atoms with Crippen molar-refractivity contribution in [3.05, 3.63) is 11.1 Å². The average molecular weight is 268 g/mol. The number of rotatable bonds is 4. The Kier molecular flexibility index (Phi) is 4.54. The van der Waals surface area contributed by atoms with Crippen molar-refractivity contribution in [1.82, 2.24) is 15.2 Å². The number of thiazole rings is 1. The summed E-state index contributed by atoms with van der Waals surface area (Å²) >= 11 is 1.72. The van der Waals surface area contributed by atoms with Gasteiger partial charge in [-0.3, -0.25) is 4.79 Å². The topological polar surface area (TPSA) is 48.5 Å². The summed E-state index contributed by atoms with van der Waals surface area (Å²) in [4.78, 5) is 21.7. The summed E-state index contributed by atoms with van der Waals surface area (Å²) in [7, 11) is 1.87. The van der Waals surface area contributed by atoms with Crippen molar-refractivity contribution in [2.24, 2.45) is 0 Å². The van der Waals surface area contributed by atoms with Crippen molar-refractivity contribution in [3.8, 4) is 0 Å². The summed E-state index contributed by atoms with van der Waals surface area (Å²) in [6.45, 7) is 6.21. The maximum Gasteiger partial charge on any atom is 0.223 e. The van der Waals surface area contributed by atoms with Gasteiger partial charge in [-0.2, -0.15) is 0 Å². The van der Waals surface area contributed by atoms with Gasteiger partial charge in [-0.1, -0.05) is 0 Å². The number of nitrogens with zero attached hydrogens (tertiary/aromatic N) is 3. The molecular weight excluding hydrogens is 248 g/mol. The lowest BCUT2D eigenvalue weighted by atomic mass is 10.3. The maximum absolute atomic E-state index is 11.9. The van der Waals surface area contributed by atoms with E-state index in [4.69, 9.17) is 0 Å². The van der Waals surface area contributed by atoms with E-state index in [-0.39, 0.29) is 5.91 Å². The summed E-state index contributed by atoms with van der Waals surface area (Å²) < 4.78 is 0. The van der Waals surface area contributed by atoms with Crippen LogP contribution in [0, 0.1) is 6.92 Å². The number of aromatic nitrogens is 1. The van der Waals surface area contributed by atoms with E-state index >= 15 is 0 Å². The van der Waals surface area contributed by atoms with Crippen LogP contribution in [0.5, 0.6) is 0 Å². The average Bonchev–Trinajstić information content (AvgIpc) is 2.83. The van der Waals surface area contributed by atoms with Crippen molar-refractivity contribution in [3.63, 3.8) is 0 Å². The van der Waals surface area contributed by atoms with Gasteiger partial charge in [0.05, 0.1) is 0 Å². The standard InChI is InChI=1S/C12H20N4OS/c1-10-9-14-12(18-10)16-7-5-15(6-8-16)11(17)3-4-13-2/h9,13H,3-8H2,1-2H3. The van der Waals surface area contributed by atoms with Crippen molar-refractivity contribution in [1.29, 1.82) is 0 Å². The molecule has 2 rings (SSSR count). The van der Waals surface area contributed by atoms with E-state index in [9.17, 15) is 4.79 Å². The fourth-order valence-electron chi connectivity index (χ4n) is 2.03. The van der Waals surface area contributed by atoms with Gasteiger partial charge in [0, 0.05) is 50.2 Å². The minimum atomic E-state index is 0.249. The minimum absolute atomic E-state index is 0.249. The molecule has 1 fully saturated rings. The highest BCUT2D eigenvalue weighted by atomic mass is 32.1. The Morgan fingerprint density at radius 3 is 2.72 bits per heavy atom. The molecule has 1 aromatic rings. The molecule has 1 amide bonds. The molecule has 0 unspecified atom stereocenters. The summed E-state index contributed by atoms with van der Waals surface area (Å²) in [5.41, 5.74) is 0. The van der Waals surface area contributed by atoms with E-state index in [1.165, 1.54) is 4.88 Å². The van der Waals surface area contributed by atoms with Crippen molar-refractivity contribution < 1.29 is 4.79 Å². The molecule has 1 N–H and O–H groups in total. The molecule has 1 aliphatic rings. The molecule has 2 heterocycles. The Bertz CT molecular complexity index is 399. The van der Waals surface area contributed by atoms with E-state index < -0.39 is 0 Å². The molecule has 100 valence electrons. The first-order valence-electron chi connectivity index (χ1n) is 6.30. The number of carbonyl (C=O) groups is 1. The quantitative estimate of drug-likeness (QED) is 0.874. The zero-order valence-corrected chi connectivity index (χ0v) is 11.8. The maximum atomic E-state index is 11.9. The summed E-state index contributed by atoms with van der Waals surface area (Å²) in [6, 6.07) is 0. The Hall–Kier alpha value is -1.14. The van der Waals surface area contributed by atoms with E-state index in [0.29, 0.717) is 6.42 Å². The van der Waals surface area contributed by atoms with E-state index in [2.05, 4.69) is 22.1 Å². The van der Waals surface area contributed by atoms with Crippen LogP contribution in [0.1, 0.15) is 11.3 Å². The number of piperazine rings is 1. The van der Waals surface area contributed by atoms with Crippen LogP contribution in [0.15, 0.2) is 6.20 Å². The molecule has 1 saturated heterocycles. The zero-order valence-electron chi connectivity index (χ0n) is 11.0. The summed E-state index contributed by atoms with van der Waals surface area (Å²) in [5.74, 6) is 0.249. The van der Waals surface area contributed by atoms with E-state index in [1.54, 1.807) is 11.3 Å². The predicted octanol–water partition coefficient (Wildman–Crippen LogP) is 0.710. The molecule has 18 heavy (non-hydrogen) atoms. The fourth-order valence-corrected chi connectivity index (χ4v) is 2.84. The van der Waals surface area contributed by atoms with Crippen LogP contribution in [0.25, 0.3) is 0 Å². The van der Waals surface area contributed by atoms with Gasteiger partial charge in [0.25, 0.3) is 0 Å². The van der Waals surface area contributed by atoms with Gasteiger partial charge < -0.3 is 15.1 Å². The summed E-state index contributed by atoms with van der Waals surface area (Å²) in [6.07, 6.45) is 2.50. The SMILES string of the molecule is CNCCC(=O)N1CCN(c2ncc(C)s2)CC1. The monoisotopic (exact) mass is 268 g/mol. The third kappa shape index (κ3) is 3.20. The van der Waals surface area contributed by atoms with Gasteiger partial charge in [0.1, 0.15) is 0 Å². The lowest BCUT2D eigenvalue weighted by Gasteiger charge is -2.34. The highest BCUT2D eigenvalue weighted by Crippen LogP contribution is 2.22. The van der Waals surface area contributed by atoms with Crippen molar-refractivity contribution in [2.75, 3.05) is 44.7 Å². The Balaban J connectivity index is 1.82. The predicted molar refractivity (Wildman–Crippen MR) is 74.2 cm³/mol. The molecule has 1 aliphatic heterocycles. The highest BCUT2D eigenvalue weighted by molar-refractivity contribution is 7.15. The van der Waals surface area contributed by atoms with Crippen LogP contribution in [0.2, 0.25) is 0 Å². The Morgan fingerprint density at radius 2 is 2.17 bits per heavy atom. The fraction of sp³-hybridized carbons (Fsp3) is 0.667. The van der Waals surface area contributed by atoms with E-state index in [1.807, 2.05) is 18.1 Å². The number of aryl methyl sites for hydroxylation is 1. The first kappa shape index (κ1) is 13.3. The van der Waals surface area contributed by atoms with Crippen LogP contribution < -0.4 is 10.2 Å². The van der Waals surface area contributed by atoms with Gasteiger partial charge >= 0.3 is 0 Å². The molecule has 1 aromatic heterocycles. The number of amides is 1. The number of carbonyl (C=O) groups excluding carboxylic acids is 1. The molecule has 0 spiro atoms. The molecule has 0 saturated carbocycles. The van der Waals surface area contributed by atoms with Gasteiger partial charge in [-0.25, -0.2) is 4.98 Å². The number of hydrogen-bond acceptors (Lipinski definition) is 5. The zero-order chi connectivity index (χ0) is 13.0. The first-order valence-corrected chi connectivity index (χ1v) is 7.12. The molecular formula is C12H20N4OS. The van der Waals surface area contributed by atoms with Crippen molar-refractivity contribution >= 4 is 22.4 Å². The van der Waals surface area contributed by atoms with Crippen LogP contribution in [-0.2, 0) is 4.79 Å². The van der Waals surface area contributed by atoms with Gasteiger partial charge in [-0.15, -0.1) is 11.3 Å².